The summed E-state index contributed by atoms with van der Waals surface area (Å²) in [7, 11) is -1.23. The van der Waals surface area contributed by atoms with Crippen LogP contribution < -0.4 is 20.5 Å². The van der Waals surface area contributed by atoms with E-state index in [1.54, 1.807) is 0 Å². The smallest absolute Gasteiger partial charge is 0.154 e. The zero-order valence-corrected chi connectivity index (χ0v) is 32.2. The lowest BCUT2D eigenvalue weighted by Gasteiger charge is -2.27. The van der Waals surface area contributed by atoms with Gasteiger partial charge >= 0.3 is 0 Å². The normalized spacial score (nSPS) is 11.7. The predicted octanol–water partition coefficient (Wildman–Crippen LogP) is 12.8. The molecule has 263 valence electrons. The Labute approximate surface area is 330 Å². The quantitative estimate of drug-likeness (QED) is 0.119. The van der Waals surface area contributed by atoms with Crippen LogP contribution >= 0.6 is 11.3 Å². The highest BCUT2D eigenvalue weighted by molar-refractivity contribution is 7.27. The molecule has 0 fully saturated rings. The van der Waals surface area contributed by atoms with Crippen molar-refractivity contribution < 1.29 is 4.42 Å². The molecule has 4 heteroatoms. The molecule has 56 heavy (non-hydrogen) atoms. The van der Waals surface area contributed by atoms with Crippen LogP contribution in [0.15, 0.2) is 211 Å². The van der Waals surface area contributed by atoms with Gasteiger partial charge in [-0.15, -0.1) is 11.3 Å². The van der Waals surface area contributed by atoms with Crippen LogP contribution in [0.25, 0.3) is 64.0 Å². The van der Waals surface area contributed by atoms with Crippen molar-refractivity contribution in [3.8, 4) is 11.1 Å². The van der Waals surface area contributed by atoms with Crippen LogP contribution in [0.3, 0.4) is 0 Å². The van der Waals surface area contributed by atoms with Crippen molar-refractivity contribution in [2.24, 2.45) is 0 Å². The molecule has 1 radical (unpaired) electrons. The number of anilines is 3. The van der Waals surface area contributed by atoms with E-state index in [2.05, 4.69) is 211 Å². The summed E-state index contributed by atoms with van der Waals surface area (Å²) in [5.41, 5.74) is 7.49. The zero-order chi connectivity index (χ0) is 37.0. The molecular weight excluding hydrogens is 715 g/mol. The molecule has 0 N–H and O–H groups in total. The summed E-state index contributed by atoms with van der Waals surface area (Å²) in [6.45, 7) is 0. The van der Waals surface area contributed by atoms with Gasteiger partial charge in [-0.2, -0.15) is 0 Å². The van der Waals surface area contributed by atoms with Crippen molar-refractivity contribution in [3.05, 3.63) is 206 Å². The van der Waals surface area contributed by atoms with Gasteiger partial charge in [-0.05, 0) is 64.4 Å². The van der Waals surface area contributed by atoms with E-state index >= 15 is 0 Å². The molecule has 0 aliphatic heterocycles. The minimum Gasteiger partial charge on any atom is -0.456 e. The van der Waals surface area contributed by atoms with Gasteiger partial charge in [0, 0.05) is 48.4 Å². The number of rotatable bonds is 7. The van der Waals surface area contributed by atoms with Gasteiger partial charge in [0.25, 0.3) is 0 Å². The SMILES string of the molecule is c1ccc([Si](c2ccccc2)c2ccc(N(c3ccc(-c4ccc5ccccc5c4)cc3)c3cc4oc5ccccc5c4c4sc5ccccc5c34)cc2)cc1. The van der Waals surface area contributed by atoms with Crippen LogP contribution in [0.4, 0.5) is 17.1 Å². The number of para-hydroxylation sites is 1. The number of hydrogen-bond donors (Lipinski definition) is 0. The summed E-state index contributed by atoms with van der Waals surface area (Å²) in [6.07, 6.45) is 0. The second kappa shape index (κ2) is 13.5. The van der Waals surface area contributed by atoms with Crippen molar-refractivity contribution >= 4 is 106 Å². The number of benzene rings is 9. The van der Waals surface area contributed by atoms with Crippen molar-refractivity contribution in [1.82, 2.24) is 0 Å². The maximum Gasteiger partial charge on any atom is 0.154 e. The molecular formula is C52H34NOSSi. The Bertz CT molecular complexity index is 3150. The van der Waals surface area contributed by atoms with Crippen LogP contribution in [0, 0.1) is 0 Å². The monoisotopic (exact) mass is 748 g/mol. The highest BCUT2D eigenvalue weighted by Gasteiger charge is 2.25. The maximum absolute atomic E-state index is 6.66. The fourth-order valence-corrected chi connectivity index (χ4v) is 12.2. The fraction of sp³-hybridized carbons (Fsp3) is 0. The van der Waals surface area contributed by atoms with E-state index in [1.165, 1.54) is 63.0 Å². The topological polar surface area (TPSA) is 16.4 Å². The van der Waals surface area contributed by atoms with Gasteiger partial charge in [0.15, 0.2) is 8.80 Å². The van der Waals surface area contributed by atoms with Gasteiger partial charge in [0.1, 0.15) is 11.2 Å². The largest absolute Gasteiger partial charge is 0.456 e. The van der Waals surface area contributed by atoms with E-state index in [4.69, 9.17) is 4.42 Å². The van der Waals surface area contributed by atoms with Gasteiger partial charge in [-0.3, -0.25) is 0 Å². The highest BCUT2D eigenvalue weighted by atomic mass is 32.1. The summed E-state index contributed by atoms with van der Waals surface area (Å²) in [5.74, 6) is 0. The molecule has 0 amide bonds. The average molecular weight is 749 g/mol. The Morgan fingerprint density at radius 3 is 1.71 bits per heavy atom. The first kappa shape index (κ1) is 32.7. The molecule has 0 atom stereocenters. The molecule has 2 aromatic heterocycles. The first-order valence-electron chi connectivity index (χ1n) is 19.0. The zero-order valence-electron chi connectivity index (χ0n) is 30.4. The van der Waals surface area contributed by atoms with E-state index in [9.17, 15) is 0 Å². The molecule has 0 unspecified atom stereocenters. The van der Waals surface area contributed by atoms with Gasteiger partial charge in [-0.25, -0.2) is 0 Å². The minimum atomic E-state index is -1.23. The van der Waals surface area contributed by atoms with E-state index in [-0.39, 0.29) is 0 Å². The first-order chi connectivity index (χ1) is 27.8. The number of furan rings is 1. The first-order valence-corrected chi connectivity index (χ1v) is 21.3. The second-order valence-corrected chi connectivity index (χ2v) is 17.8. The van der Waals surface area contributed by atoms with Crippen LogP contribution in [0.5, 0.6) is 0 Å². The fourth-order valence-electron chi connectivity index (χ4n) is 8.33. The third kappa shape index (κ3) is 5.53. The van der Waals surface area contributed by atoms with Gasteiger partial charge < -0.3 is 9.32 Å². The van der Waals surface area contributed by atoms with Gasteiger partial charge in [0.05, 0.1) is 5.69 Å². The summed E-state index contributed by atoms with van der Waals surface area (Å²) < 4.78 is 9.18. The standard InChI is InChI=1S/C52H34NOSSi/c1-3-15-41(16-4-1)56(42-17-5-2-6-18-42)43-31-29-40(30-32-43)53(39-27-25-36(26-28-39)38-24-23-35-13-7-8-14-37(35)33-38)46-34-48-51(44-19-9-11-21-47(44)54-48)52-50(46)45-20-10-12-22-49(45)55-52/h1-34H. The molecule has 0 aliphatic rings. The molecule has 0 bridgehead atoms. The van der Waals surface area contributed by atoms with Crippen molar-refractivity contribution in [2.75, 3.05) is 4.90 Å². The summed E-state index contributed by atoms with van der Waals surface area (Å²) in [6, 6.07) is 75.1. The van der Waals surface area contributed by atoms with Crippen molar-refractivity contribution in [2.45, 2.75) is 0 Å². The molecule has 2 heterocycles. The lowest BCUT2D eigenvalue weighted by molar-refractivity contribution is 0.669. The summed E-state index contributed by atoms with van der Waals surface area (Å²) >= 11 is 1.85. The van der Waals surface area contributed by atoms with Crippen LogP contribution in [0.2, 0.25) is 0 Å². The highest BCUT2D eigenvalue weighted by Crippen LogP contribution is 2.50. The van der Waals surface area contributed by atoms with Crippen LogP contribution in [-0.4, -0.2) is 8.80 Å². The number of hydrogen-bond acceptors (Lipinski definition) is 3. The molecule has 11 rings (SSSR count). The molecule has 9 aromatic carbocycles. The minimum absolute atomic E-state index is 0.897. The summed E-state index contributed by atoms with van der Waals surface area (Å²) in [4.78, 5) is 2.43. The molecule has 0 saturated heterocycles. The number of fused-ring (bicyclic) bond motifs is 8. The van der Waals surface area contributed by atoms with E-state index < -0.39 is 8.80 Å². The second-order valence-electron chi connectivity index (χ2n) is 14.3. The Morgan fingerprint density at radius 1 is 0.411 bits per heavy atom. The van der Waals surface area contributed by atoms with Gasteiger partial charge in [0.2, 0.25) is 0 Å². The predicted molar refractivity (Wildman–Crippen MR) is 242 cm³/mol. The lowest BCUT2D eigenvalue weighted by Crippen LogP contribution is -2.51. The van der Waals surface area contributed by atoms with Crippen molar-refractivity contribution in [3.63, 3.8) is 0 Å². The van der Waals surface area contributed by atoms with Crippen LogP contribution in [-0.2, 0) is 0 Å². The Morgan fingerprint density at radius 2 is 0.982 bits per heavy atom. The Hall–Kier alpha value is -6.72. The Kier molecular flexibility index (Phi) is 7.90. The molecule has 11 aromatic rings. The molecule has 0 spiro atoms. The number of nitrogens with zero attached hydrogens (tertiary/aromatic N) is 1. The third-order valence-electron chi connectivity index (χ3n) is 11.0. The van der Waals surface area contributed by atoms with E-state index in [1.807, 2.05) is 11.3 Å². The third-order valence-corrected chi connectivity index (χ3v) is 14.9. The van der Waals surface area contributed by atoms with Crippen LogP contribution in [0.1, 0.15) is 0 Å². The van der Waals surface area contributed by atoms with E-state index in [0.29, 0.717) is 0 Å². The molecule has 2 nitrogen and oxygen atoms in total. The molecule has 0 saturated carbocycles. The number of thiophene rings is 1. The Balaban J connectivity index is 1.12. The van der Waals surface area contributed by atoms with Gasteiger partial charge in [-0.1, -0.05) is 173 Å². The van der Waals surface area contributed by atoms with E-state index in [0.717, 1.165) is 33.6 Å². The summed E-state index contributed by atoms with van der Waals surface area (Å²) in [5, 5.41) is 11.4. The molecule has 0 aliphatic carbocycles. The van der Waals surface area contributed by atoms with Crippen molar-refractivity contribution in [1.29, 1.82) is 0 Å². The average Bonchev–Trinajstić information content (AvgIpc) is 3.84. The lowest BCUT2D eigenvalue weighted by atomic mass is 10.0. The maximum atomic E-state index is 6.66.